The summed E-state index contributed by atoms with van der Waals surface area (Å²) >= 11 is 0. The Kier molecular flexibility index (Phi) is 8.86. The minimum atomic E-state index is -9.09. The third-order valence-electron chi connectivity index (χ3n) is 4.16. The highest BCUT2D eigenvalue weighted by Crippen LogP contribution is 2.65. The Morgan fingerprint density at radius 3 is 1.13 bits per heavy atom. The van der Waals surface area contributed by atoms with Crippen LogP contribution < -0.4 is 0 Å². The standard InChI is InChI=1S/C15H7F19O4/c1-4(6(36)37-2)3-5(35)38-15(33,34)13(28,29)11(24,25)9(20,21)7(16,17)8(18,19)10(22,23)12(26,27)14(30,31)32/h1,3H2,2H3. The molecule has 0 aliphatic rings. The zero-order valence-corrected chi connectivity index (χ0v) is 17.2. The van der Waals surface area contributed by atoms with Gasteiger partial charge in [0.15, 0.2) is 0 Å². The first-order valence-corrected chi connectivity index (χ1v) is 8.33. The molecule has 224 valence electrons. The summed E-state index contributed by atoms with van der Waals surface area (Å²) < 4.78 is 255. The largest absolute Gasteiger partial charge is 0.473 e. The first kappa shape index (κ1) is 35.4. The van der Waals surface area contributed by atoms with Gasteiger partial charge in [0.05, 0.1) is 13.5 Å². The smallest absolute Gasteiger partial charge is 0.466 e. The van der Waals surface area contributed by atoms with Crippen LogP contribution in [0.5, 0.6) is 0 Å². The van der Waals surface area contributed by atoms with Crippen LogP contribution >= 0.6 is 0 Å². The van der Waals surface area contributed by atoms with Crippen molar-refractivity contribution >= 4 is 11.9 Å². The van der Waals surface area contributed by atoms with Crippen molar-refractivity contribution in [2.24, 2.45) is 0 Å². The zero-order chi connectivity index (χ0) is 31.4. The molecule has 38 heavy (non-hydrogen) atoms. The van der Waals surface area contributed by atoms with Gasteiger partial charge in [0.25, 0.3) is 0 Å². The number of methoxy groups -OCH3 is 1. The third-order valence-corrected chi connectivity index (χ3v) is 4.16. The number of carbonyl (C=O) groups is 2. The average Bonchev–Trinajstić information content (AvgIpc) is 2.70. The molecule has 0 aliphatic carbocycles. The van der Waals surface area contributed by atoms with Crippen molar-refractivity contribution in [2.75, 3.05) is 7.11 Å². The van der Waals surface area contributed by atoms with Crippen molar-refractivity contribution in [3.63, 3.8) is 0 Å². The summed E-state index contributed by atoms with van der Waals surface area (Å²) in [4.78, 5) is 22.0. The van der Waals surface area contributed by atoms with E-state index in [1.54, 1.807) is 0 Å². The Morgan fingerprint density at radius 2 is 0.842 bits per heavy atom. The first-order valence-electron chi connectivity index (χ1n) is 8.33. The van der Waals surface area contributed by atoms with Gasteiger partial charge in [-0.15, -0.1) is 0 Å². The predicted octanol–water partition coefficient (Wildman–Crippen LogP) is 6.25. The van der Waals surface area contributed by atoms with Crippen LogP contribution in [-0.2, 0) is 19.1 Å². The molecular formula is C15H7F19O4. The number of halogens is 19. The maximum Gasteiger partial charge on any atom is 0.473 e. The summed E-state index contributed by atoms with van der Waals surface area (Å²) in [6.07, 6.45) is -17.4. The molecule has 0 aromatic rings. The molecule has 0 rings (SSSR count). The van der Waals surface area contributed by atoms with Crippen molar-refractivity contribution in [1.82, 2.24) is 0 Å². The number of ether oxygens (including phenoxy) is 2. The molecule has 0 heterocycles. The van der Waals surface area contributed by atoms with Crippen molar-refractivity contribution in [3.8, 4) is 0 Å². The number of esters is 2. The number of rotatable bonds is 11. The van der Waals surface area contributed by atoms with Gasteiger partial charge in [-0.1, -0.05) is 6.58 Å². The molecule has 0 atom stereocenters. The van der Waals surface area contributed by atoms with E-state index in [4.69, 9.17) is 0 Å². The van der Waals surface area contributed by atoms with E-state index < -0.39 is 77.7 Å². The van der Waals surface area contributed by atoms with E-state index in [1.807, 2.05) is 0 Å². The number of alkyl halides is 19. The quantitative estimate of drug-likeness (QED) is 0.157. The lowest BCUT2D eigenvalue weighted by Crippen LogP contribution is -2.76. The van der Waals surface area contributed by atoms with E-state index in [2.05, 4.69) is 16.1 Å². The maximum absolute atomic E-state index is 13.6. The molecule has 0 spiro atoms. The fourth-order valence-electron chi connectivity index (χ4n) is 1.98. The Balaban J connectivity index is 6.67. The second kappa shape index (κ2) is 9.52. The Morgan fingerprint density at radius 1 is 0.553 bits per heavy atom. The Bertz CT molecular complexity index is 933. The van der Waals surface area contributed by atoms with Crippen LogP contribution in [0.1, 0.15) is 6.42 Å². The lowest BCUT2D eigenvalue weighted by Gasteiger charge is -2.43. The molecule has 0 unspecified atom stereocenters. The molecule has 23 heteroatoms. The summed E-state index contributed by atoms with van der Waals surface area (Å²) in [5, 5.41) is 0. The molecule has 0 fully saturated rings. The van der Waals surface area contributed by atoms with Gasteiger partial charge in [-0.25, -0.2) is 4.79 Å². The molecule has 0 aromatic heterocycles. The van der Waals surface area contributed by atoms with E-state index in [0.717, 1.165) is 0 Å². The summed E-state index contributed by atoms with van der Waals surface area (Å²) in [6.45, 7) is 2.59. The van der Waals surface area contributed by atoms with Gasteiger partial charge in [-0.05, 0) is 0 Å². The van der Waals surface area contributed by atoms with E-state index >= 15 is 0 Å². The fraction of sp³-hybridized carbons (Fsp3) is 0.733. The highest BCUT2D eigenvalue weighted by Gasteiger charge is 2.97. The molecule has 4 nitrogen and oxygen atoms in total. The highest BCUT2D eigenvalue weighted by molar-refractivity contribution is 5.93. The lowest BCUT2D eigenvalue weighted by molar-refractivity contribution is -0.478. The van der Waals surface area contributed by atoms with Crippen LogP contribution in [-0.4, -0.2) is 72.8 Å². The minimum Gasteiger partial charge on any atom is -0.466 e. The molecule has 0 aromatic carbocycles. The van der Waals surface area contributed by atoms with Crippen molar-refractivity contribution in [2.45, 2.75) is 60.2 Å². The van der Waals surface area contributed by atoms with Crippen molar-refractivity contribution in [1.29, 1.82) is 0 Å². The summed E-state index contributed by atoms with van der Waals surface area (Å²) in [6, 6.07) is 0. The van der Waals surface area contributed by atoms with Crippen LogP contribution in [0, 0.1) is 0 Å². The van der Waals surface area contributed by atoms with Gasteiger partial charge in [0.2, 0.25) is 0 Å². The number of hydrogen-bond donors (Lipinski definition) is 0. The summed E-state index contributed by atoms with van der Waals surface area (Å²) in [5.41, 5.74) is -1.28. The van der Waals surface area contributed by atoms with E-state index in [1.165, 1.54) is 0 Å². The van der Waals surface area contributed by atoms with E-state index in [-0.39, 0.29) is 0 Å². The van der Waals surface area contributed by atoms with Crippen LogP contribution in [0.3, 0.4) is 0 Å². The Hall–Kier alpha value is -2.65. The van der Waals surface area contributed by atoms with Crippen LogP contribution in [0.15, 0.2) is 12.2 Å². The van der Waals surface area contributed by atoms with Crippen molar-refractivity contribution in [3.05, 3.63) is 12.2 Å². The van der Waals surface area contributed by atoms with Crippen LogP contribution in [0.2, 0.25) is 0 Å². The van der Waals surface area contributed by atoms with Gasteiger partial charge in [0.1, 0.15) is 0 Å². The van der Waals surface area contributed by atoms with Crippen LogP contribution in [0.4, 0.5) is 83.4 Å². The van der Waals surface area contributed by atoms with Gasteiger partial charge in [-0.3, -0.25) is 4.79 Å². The second-order valence-corrected chi connectivity index (χ2v) is 6.78. The summed E-state index contributed by atoms with van der Waals surface area (Å²) in [5.74, 6) is -66.1. The predicted molar refractivity (Wildman–Crippen MR) is 77.5 cm³/mol. The second-order valence-electron chi connectivity index (χ2n) is 6.78. The average molecular weight is 612 g/mol. The zero-order valence-electron chi connectivity index (χ0n) is 17.2. The van der Waals surface area contributed by atoms with Crippen LogP contribution in [0.25, 0.3) is 0 Å². The Labute approximate surface area is 195 Å². The van der Waals surface area contributed by atoms with E-state index in [0.29, 0.717) is 7.11 Å². The number of carbonyl (C=O) groups excluding carboxylic acids is 2. The summed E-state index contributed by atoms with van der Waals surface area (Å²) in [7, 11) is 0.536. The molecule has 0 amide bonds. The van der Waals surface area contributed by atoms with Gasteiger partial charge in [0, 0.05) is 5.57 Å². The SMILES string of the molecule is C=C(CC(=O)OC(F)(F)C(F)(F)C(F)(F)C(F)(F)C(F)(F)C(F)(F)C(F)(F)C(F)(F)C(F)(F)F)C(=O)OC. The molecule has 0 N–H and O–H groups in total. The first-order chi connectivity index (χ1) is 16.3. The minimum absolute atomic E-state index is 0.536. The third kappa shape index (κ3) is 4.91. The molecule has 0 saturated heterocycles. The van der Waals surface area contributed by atoms with Gasteiger partial charge < -0.3 is 9.47 Å². The monoisotopic (exact) mass is 612 g/mol. The van der Waals surface area contributed by atoms with Crippen molar-refractivity contribution < 1.29 is 102 Å². The topological polar surface area (TPSA) is 52.6 Å². The molecule has 0 bridgehead atoms. The number of hydrogen-bond acceptors (Lipinski definition) is 4. The van der Waals surface area contributed by atoms with Gasteiger partial charge >= 0.3 is 65.7 Å². The maximum atomic E-state index is 13.6. The van der Waals surface area contributed by atoms with E-state index in [9.17, 15) is 93.0 Å². The normalized spacial score (nSPS) is 15.3. The fourth-order valence-corrected chi connectivity index (χ4v) is 1.98. The molecular weight excluding hydrogens is 605 g/mol. The van der Waals surface area contributed by atoms with Gasteiger partial charge in [-0.2, -0.15) is 83.4 Å². The molecule has 0 aliphatic heterocycles. The highest BCUT2D eigenvalue weighted by atomic mass is 19.4. The molecule has 0 radical (unpaired) electrons. The molecule has 0 saturated carbocycles. The lowest BCUT2D eigenvalue weighted by atomic mass is 9.88.